The van der Waals surface area contributed by atoms with E-state index in [9.17, 15) is 10.1 Å². The Bertz CT molecular complexity index is 1260. The number of nitrogens with zero attached hydrogens (tertiary/aromatic N) is 1. The van der Waals surface area contributed by atoms with E-state index in [1.807, 2.05) is 0 Å². The summed E-state index contributed by atoms with van der Waals surface area (Å²) in [5.74, 6) is 1.96. The Hall–Kier alpha value is -4.64. The van der Waals surface area contributed by atoms with E-state index in [0.29, 0.717) is 45.4 Å². The molecule has 0 aliphatic rings. The molecule has 8 nitrogen and oxygen atoms in total. The quantitative estimate of drug-likeness (QED) is 0.179. The first-order valence-corrected chi connectivity index (χ1v) is 10.5. The van der Waals surface area contributed by atoms with E-state index < -0.39 is 5.97 Å². The molecule has 0 bridgehead atoms. The van der Waals surface area contributed by atoms with Crippen LogP contribution in [0.2, 0.25) is 0 Å². The minimum atomic E-state index is -0.611. The lowest BCUT2D eigenvalue weighted by atomic mass is 10.0. The molecule has 0 aliphatic heterocycles. The summed E-state index contributed by atoms with van der Waals surface area (Å²) < 4.78 is 32.1. The molecule has 0 atom stereocenters. The van der Waals surface area contributed by atoms with Crippen molar-refractivity contribution >= 4 is 17.6 Å². The predicted molar refractivity (Wildman–Crippen MR) is 130 cm³/mol. The lowest BCUT2D eigenvalue weighted by Crippen LogP contribution is -2.18. The number of para-hydroxylation sites is 2. The van der Waals surface area contributed by atoms with Gasteiger partial charge in [-0.25, -0.2) is 4.79 Å². The molecule has 180 valence electrons. The molecule has 0 aromatic heterocycles. The molecule has 0 heterocycles. The van der Waals surface area contributed by atoms with Crippen molar-refractivity contribution in [2.24, 2.45) is 0 Å². The van der Waals surface area contributed by atoms with Gasteiger partial charge >= 0.3 is 5.97 Å². The van der Waals surface area contributed by atoms with E-state index in [1.165, 1.54) is 21.3 Å². The molecule has 0 radical (unpaired) electrons. The van der Waals surface area contributed by atoms with E-state index in [-0.39, 0.29) is 12.4 Å². The summed E-state index contributed by atoms with van der Waals surface area (Å²) in [6, 6.07) is 19.4. The molecule has 3 rings (SSSR count). The van der Waals surface area contributed by atoms with Crippen molar-refractivity contribution in [3.8, 4) is 40.6 Å². The van der Waals surface area contributed by atoms with Crippen LogP contribution < -0.4 is 28.4 Å². The molecule has 3 aromatic rings. The lowest BCUT2D eigenvalue weighted by molar-refractivity contribution is -0.136. The van der Waals surface area contributed by atoms with Crippen LogP contribution >= 0.6 is 0 Å². The van der Waals surface area contributed by atoms with E-state index in [0.717, 1.165) is 0 Å². The van der Waals surface area contributed by atoms with Gasteiger partial charge in [-0.05, 0) is 59.7 Å². The third-order valence-electron chi connectivity index (χ3n) is 4.95. The van der Waals surface area contributed by atoms with Crippen molar-refractivity contribution in [3.05, 3.63) is 71.8 Å². The second-order valence-electron chi connectivity index (χ2n) is 7.06. The van der Waals surface area contributed by atoms with Crippen LogP contribution in [0, 0.1) is 11.3 Å². The number of hydrogen-bond acceptors (Lipinski definition) is 8. The highest BCUT2D eigenvalue weighted by Crippen LogP contribution is 2.33. The van der Waals surface area contributed by atoms with Gasteiger partial charge in [0, 0.05) is 0 Å². The average Bonchev–Trinajstić information content (AvgIpc) is 2.90. The number of carbonyl (C=O) groups excluding carboxylic acids is 1. The molecular weight excluding hydrogens is 450 g/mol. The second kappa shape index (κ2) is 12.0. The second-order valence-corrected chi connectivity index (χ2v) is 7.06. The van der Waals surface area contributed by atoms with Gasteiger partial charge in [-0.1, -0.05) is 18.2 Å². The lowest BCUT2D eigenvalue weighted by Gasteiger charge is -2.12. The molecular formula is C27H25NO7. The molecule has 3 aromatic carbocycles. The number of allylic oxidation sites excluding steroid dienone is 1. The third-order valence-corrected chi connectivity index (χ3v) is 4.95. The van der Waals surface area contributed by atoms with Gasteiger partial charge in [-0.3, -0.25) is 0 Å². The molecule has 0 N–H and O–H groups in total. The van der Waals surface area contributed by atoms with Crippen LogP contribution in [0.3, 0.4) is 0 Å². The molecule has 0 amide bonds. The number of methoxy groups -OCH3 is 4. The van der Waals surface area contributed by atoms with Gasteiger partial charge in [-0.15, -0.1) is 0 Å². The van der Waals surface area contributed by atoms with Crippen molar-refractivity contribution in [3.63, 3.8) is 0 Å². The van der Waals surface area contributed by atoms with Crippen LogP contribution in [-0.2, 0) is 4.79 Å². The fourth-order valence-electron chi connectivity index (χ4n) is 3.24. The zero-order valence-corrected chi connectivity index (χ0v) is 19.9. The maximum atomic E-state index is 12.3. The first-order chi connectivity index (χ1) is 17.0. The van der Waals surface area contributed by atoms with Crippen LogP contribution in [0.5, 0.6) is 34.5 Å². The maximum Gasteiger partial charge on any atom is 0.349 e. The van der Waals surface area contributed by atoms with Gasteiger partial charge in [0.05, 0.1) is 40.1 Å². The molecule has 0 unspecified atom stereocenters. The zero-order chi connectivity index (χ0) is 25.2. The van der Waals surface area contributed by atoms with Gasteiger partial charge in [0.2, 0.25) is 0 Å². The average molecular weight is 475 g/mol. The highest BCUT2D eigenvalue weighted by atomic mass is 16.6. The van der Waals surface area contributed by atoms with Crippen LogP contribution in [0.1, 0.15) is 11.1 Å². The first kappa shape index (κ1) is 25.0. The largest absolute Gasteiger partial charge is 0.493 e. The molecule has 0 fully saturated rings. The molecule has 35 heavy (non-hydrogen) atoms. The highest BCUT2D eigenvalue weighted by molar-refractivity contribution is 5.90. The van der Waals surface area contributed by atoms with E-state index in [4.69, 9.17) is 28.4 Å². The van der Waals surface area contributed by atoms with Crippen molar-refractivity contribution in [1.82, 2.24) is 0 Å². The number of carbonyl (C=O) groups is 1. The molecule has 0 saturated heterocycles. The minimum absolute atomic E-state index is 0.225. The predicted octanol–water partition coefficient (Wildman–Crippen LogP) is 4.77. The minimum Gasteiger partial charge on any atom is -0.493 e. The van der Waals surface area contributed by atoms with Gasteiger partial charge in [0.15, 0.2) is 41.1 Å². The van der Waals surface area contributed by atoms with E-state index in [2.05, 4.69) is 6.07 Å². The summed E-state index contributed by atoms with van der Waals surface area (Å²) in [6.07, 6.45) is 1.69. The highest BCUT2D eigenvalue weighted by Gasteiger charge is 2.14. The summed E-state index contributed by atoms with van der Waals surface area (Å²) in [4.78, 5) is 12.3. The Balaban J connectivity index is 1.76. The van der Waals surface area contributed by atoms with Gasteiger partial charge in [-0.2, -0.15) is 5.26 Å². The van der Waals surface area contributed by atoms with Crippen molar-refractivity contribution in [2.75, 3.05) is 35.0 Å². The fraction of sp³-hybridized carbons (Fsp3) is 0.185. The third kappa shape index (κ3) is 6.24. The zero-order valence-electron chi connectivity index (χ0n) is 19.9. The standard InChI is InChI=1S/C27H25NO7/c1-30-21-7-5-6-8-23(21)34-17-27(29)35-24-11-9-18(14-25(24)32-3)13-20(16-28)19-10-12-22(31-2)26(15-19)33-4/h5-15H,17H2,1-4H3/b20-13-. The Morgan fingerprint density at radius 1 is 0.771 bits per heavy atom. The van der Waals surface area contributed by atoms with Crippen molar-refractivity contribution < 1.29 is 33.2 Å². The summed E-state index contributed by atoms with van der Waals surface area (Å²) >= 11 is 0. The Labute approximate surface area is 203 Å². The Morgan fingerprint density at radius 3 is 2.03 bits per heavy atom. The maximum absolute atomic E-state index is 12.3. The Kier molecular flexibility index (Phi) is 8.57. The summed E-state index contributed by atoms with van der Waals surface area (Å²) in [6.45, 7) is -0.316. The Morgan fingerprint density at radius 2 is 1.37 bits per heavy atom. The number of hydrogen-bond donors (Lipinski definition) is 0. The number of rotatable bonds is 10. The topological polar surface area (TPSA) is 96.2 Å². The van der Waals surface area contributed by atoms with E-state index in [1.54, 1.807) is 73.8 Å². The van der Waals surface area contributed by atoms with Crippen LogP contribution in [-0.4, -0.2) is 41.0 Å². The monoisotopic (exact) mass is 475 g/mol. The number of nitriles is 1. The SMILES string of the molecule is COc1ccc(/C(C#N)=C\c2ccc(OC(=O)COc3ccccc3OC)c(OC)c2)cc1OC. The number of esters is 1. The number of benzene rings is 3. The van der Waals surface area contributed by atoms with E-state index >= 15 is 0 Å². The molecule has 0 saturated carbocycles. The first-order valence-electron chi connectivity index (χ1n) is 10.5. The van der Waals surface area contributed by atoms with Gasteiger partial charge in [0.25, 0.3) is 0 Å². The smallest absolute Gasteiger partial charge is 0.349 e. The number of ether oxygens (including phenoxy) is 6. The van der Waals surface area contributed by atoms with Crippen LogP contribution in [0.25, 0.3) is 11.6 Å². The summed E-state index contributed by atoms with van der Waals surface area (Å²) in [5, 5.41) is 9.71. The fourth-order valence-corrected chi connectivity index (χ4v) is 3.24. The van der Waals surface area contributed by atoms with Crippen molar-refractivity contribution in [1.29, 1.82) is 5.26 Å². The molecule has 8 heteroatoms. The van der Waals surface area contributed by atoms with Crippen LogP contribution in [0.15, 0.2) is 60.7 Å². The van der Waals surface area contributed by atoms with Crippen molar-refractivity contribution in [2.45, 2.75) is 0 Å². The summed E-state index contributed by atoms with van der Waals surface area (Å²) in [7, 11) is 6.06. The van der Waals surface area contributed by atoms with Gasteiger partial charge in [0.1, 0.15) is 0 Å². The summed E-state index contributed by atoms with van der Waals surface area (Å²) in [5.41, 5.74) is 1.74. The normalized spacial score (nSPS) is 10.7. The van der Waals surface area contributed by atoms with Gasteiger partial charge < -0.3 is 28.4 Å². The molecule has 0 spiro atoms. The van der Waals surface area contributed by atoms with Crippen LogP contribution in [0.4, 0.5) is 0 Å². The molecule has 0 aliphatic carbocycles.